The number of benzene rings is 3. The van der Waals surface area contributed by atoms with Crippen molar-refractivity contribution in [2.75, 3.05) is 0 Å². The number of sulfone groups is 1. The predicted molar refractivity (Wildman–Crippen MR) is 114 cm³/mol. The largest absolute Gasteiger partial charge is 0.255 e. The van der Waals surface area contributed by atoms with Crippen molar-refractivity contribution in [3.63, 3.8) is 0 Å². The van der Waals surface area contributed by atoms with Crippen LogP contribution in [0.4, 0.5) is 4.39 Å². The molecule has 4 nitrogen and oxygen atoms in total. The minimum atomic E-state index is -4.14. The van der Waals surface area contributed by atoms with E-state index in [1.807, 2.05) is 0 Å². The Balaban J connectivity index is 2.06. The fourth-order valence-electron chi connectivity index (χ4n) is 3.16. The highest BCUT2D eigenvalue weighted by atomic mass is 35.5. The second-order valence-corrected chi connectivity index (χ2v) is 9.13. The number of pyridine rings is 1. The van der Waals surface area contributed by atoms with E-state index in [-0.39, 0.29) is 20.4 Å². The molecule has 0 aliphatic rings. The number of nitriles is 1. The molecule has 0 radical (unpaired) electrons. The van der Waals surface area contributed by atoms with Crippen molar-refractivity contribution in [2.24, 2.45) is 0 Å². The Morgan fingerprint density at radius 1 is 0.967 bits per heavy atom. The number of halogens is 3. The highest BCUT2D eigenvalue weighted by Gasteiger charge is 2.26. The molecule has 0 N–H and O–H groups in total. The Kier molecular flexibility index (Phi) is 5.20. The quantitative estimate of drug-likeness (QED) is 0.351. The van der Waals surface area contributed by atoms with E-state index in [0.717, 1.165) is 18.2 Å². The first kappa shape index (κ1) is 20.3. The molecule has 0 unspecified atom stereocenters. The van der Waals surface area contributed by atoms with Gasteiger partial charge in [-0.3, -0.25) is 4.98 Å². The molecule has 1 aromatic heterocycles. The first-order chi connectivity index (χ1) is 14.3. The van der Waals surface area contributed by atoms with Crippen molar-refractivity contribution in [1.29, 1.82) is 5.26 Å². The molecule has 0 saturated carbocycles. The average Bonchev–Trinajstić information content (AvgIpc) is 2.75. The molecule has 30 heavy (non-hydrogen) atoms. The normalized spacial score (nSPS) is 11.4. The molecule has 3 aromatic carbocycles. The molecule has 8 heteroatoms. The van der Waals surface area contributed by atoms with Crippen molar-refractivity contribution in [3.8, 4) is 17.2 Å². The molecule has 148 valence electrons. The Morgan fingerprint density at radius 2 is 1.73 bits per heavy atom. The predicted octanol–water partition coefficient (Wildman–Crippen LogP) is 6.05. The van der Waals surface area contributed by atoms with E-state index >= 15 is 0 Å². The van der Waals surface area contributed by atoms with E-state index < -0.39 is 15.7 Å². The lowest BCUT2D eigenvalue weighted by Crippen LogP contribution is -2.06. The summed E-state index contributed by atoms with van der Waals surface area (Å²) < 4.78 is 40.7. The summed E-state index contributed by atoms with van der Waals surface area (Å²) in [6.07, 6.45) is 1.25. The summed E-state index contributed by atoms with van der Waals surface area (Å²) >= 11 is 12.2. The van der Waals surface area contributed by atoms with Gasteiger partial charge in [-0.05, 0) is 42.0 Å². The van der Waals surface area contributed by atoms with Crippen LogP contribution >= 0.6 is 23.2 Å². The molecule has 0 bridgehead atoms. The first-order valence-corrected chi connectivity index (χ1v) is 10.8. The minimum absolute atomic E-state index is 0.0879. The number of hydrogen-bond acceptors (Lipinski definition) is 4. The topological polar surface area (TPSA) is 70.8 Å². The van der Waals surface area contributed by atoms with Crippen molar-refractivity contribution < 1.29 is 12.8 Å². The lowest BCUT2D eigenvalue weighted by molar-refractivity contribution is 0.594. The first-order valence-electron chi connectivity index (χ1n) is 8.61. The summed E-state index contributed by atoms with van der Waals surface area (Å²) in [4.78, 5) is 3.98. The van der Waals surface area contributed by atoms with Crippen LogP contribution in [0.15, 0.2) is 76.7 Å². The van der Waals surface area contributed by atoms with Crippen LogP contribution in [0.25, 0.3) is 22.0 Å². The zero-order valence-electron chi connectivity index (χ0n) is 15.1. The summed E-state index contributed by atoms with van der Waals surface area (Å²) in [5.74, 6) is -0.794. The monoisotopic (exact) mass is 456 g/mol. The second-order valence-electron chi connectivity index (χ2n) is 6.40. The van der Waals surface area contributed by atoms with Gasteiger partial charge in [0, 0.05) is 17.1 Å². The third-order valence-electron chi connectivity index (χ3n) is 4.61. The summed E-state index contributed by atoms with van der Waals surface area (Å²) in [5.41, 5.74) is 1.15. The van der Waals surface area contributed by atoms with E-state index in [0.29, 0.717) is 27.1 Å². The van der Waals surface area contributed by atoms with Crippen molar-refractivity contribution in [2.45, 2.75) is 9.79 Å². The molecular weight excluding hydrogens is 446 g/mol. The lowest BCUT2D eigenvalue weighted by Gasteiger charge is -2.14. The van der Waals surface area contributed by atoms with Gasteiger partial charge >= 0.3 is 0 Å². The molecule has 0 saturated heterocycles. The molecule has 0 aliphatic heterocycles. The van der Waals surface area contributed by atoms with Gasteiger partial charge in [0.25, 0.3) is 0 Å². The van der Waals surface area contributed by atoms with Crippen LogP contribution in [0.5, 0.6) is 0 Å². The van der Waals surface area contributed by atoms with Crippen molar-refractivity contribution >= 4 is 43.9 Å². The number of aromatic nitrogens is 1. The van der Waals surface area contributed by atoms with Crippen LogP contribution in [0, 0.1) is 17.1 Å². The Bertz CT molecular complexity index is 1460. The van der Waals surface area contributed by atoms with E-state index in [4.69, 9.17) is 28.5 Å². The van der Waals surface area contributed by atoms with Crippen LogP contribution in [0.1, 0.15) is 5.56 Å². The van der Waals surface area contributed by atoms with Gasteiger partial charge in [0.15, 0.2) is 0 Å². The average molecular weight is 457 g/mol. The van der Waals surface area contributed by atoms with Gasteiger partial charge in [-0.25, -0.2) is 12.8 Å². The van der Waals surface area contributed by atoms with Gasteiger partial charge in [-0.2, -0.15) is 5.26 Å². The van der Waals surface area contributed by atoms with E-state index in [2.05, 4.69) is 4.98 Å². The standard InChI is InChI=1S/C22H11Cl2FN2O2S/c23-17-7-5-13(10-18(17)24)22-16-3-1-2-4-20(16)27-12-21(22)30(28,29)15-6-8-19(25)14(9-15)11-26/h1-10,12H. The molecule has 1 heterocycles. The highest BCUT2D eigenvalue weighted by Crippen LogP contribution is 2.38. The van der Waals surface area contributed by atoms with Gasteiger partial charge in [0.05, 0.1) is 30.9 Å². The van der Waals surface area contributed by atoms with E-state index in [1.165, 1.54) is 6.20 Å². The van der Waals surface area contributed by atoms with Crippen LogP contribution in [0.2, 0.25) is 10.0 Å². The SMILES string of the molecule is N#Cc1cc(S(=O)(=O)c2cnc3ccccc3c2-c2ccc(Cl)c(Cl)c2)ccc1F. The third-order valence-corrected chi connectivity index (χ3v) is 7.11. The van der Waals surface area contributed by atoms with E-state index in [9.17, 15) is 12.8 Å². The number of fused-ring (bicyclic) bond motifs is 1. The zero-order valence-corrected chi connectivity index (χ0v) is 17.4. The van der Waals surface area contributed by atoms with E-state index in [1.54, 1.807) is 48.5 Å². The summed E-state index contributed by atoms with van der Waals surface area (Å²) in [5, 5.41) is 10.3. The number of hydrogen-bond donors (Lipinski definition) is 0. The smallest absolute Gasteiger partial charge is 0.208 e. The number of para-hydroxylation sites is 1. The maximum Gasteiger partial charge on any atom is 0.208 e. The fourth-order valence-corrected chi connectivity index (χ4v) is 4.92. The van der Waals surface area contributed by atoms with Gasteiger partial charge in [0.1, 0.15) is 11.9 Å². The summed E-state index contributed by atoms with van der Waals surface area (Å²) in [7, 11) is -4.14. The number of rotatable bonds is 3. The summed E-state index contributed by atoms with van der Waals surface area (Å²) in [6, 6.07) is 16.7. The molecule has 4 rings (SSSR count). The van der Waals surface area contributed by atoms with Crippen LogP contribution < -0.4 is 0 Å². The highest BCUT2D eigenvalue weighted by molar-refractivity contribution is 7.91. The molecular formula is C22H11Cl2FN2O2S. The molecule has 0 spiro atoms. The third kappa shape index (κ3) is 3.41. The molecule has 0 aliphatic carbocycles. The molecule has 0 atom stereocenters. The molecule has 0 amide bonds. The minimum Gasteiger partial charge on any atom is -0.255 e. The van der Waals surface area contributed by atoms with Gasteiger partial charge in [-0.1, -0.05) is 47.5 Å². The second kappa shape index (κ2) is 7.69. The van der Waals surface area contributed by atoms with Crippen molar-refractivity contribution in [3.05, 3.63) is 88.3 Å². The Labute approximate surface area is 182 Å². The van der Waals surface area contributed by atoms with Gasteiger partial charge in [0.2, 0.25) is 9.84 Å². The molecule has 0 fully saturated rings. The fraction of sp³-hybridized carbons (Fsp3) is 0. The van der Waals surface area contributed by atoms with Crippen LogP contribution in [0.3, 0.4) is 0 Å². The summed E-state index contributed by atoms with van der Waals surface area (Å²) in [6.45, 7) is 0. The van der Waals surface area contributed by atoms with Crippen LogP contribution in [-0.2, 0) is 9.84 Å². The van der Waals surface area contributed by atoms with Crippen LogP contribution in [-0.4, -0.2) is 13.4 Å². The zero-order chi connectivity index (χ0) is 21.5. The van der Waals surface area contributed by atoms with Crippen molar-refractivity contribution in [1.82, 2.24) is 4.98 Å². The maximum absolute atomic E-state index is 13.7. The maximum atomic E-state index is 13.7. The molecule has 4 aromatic rings. The number of nitrogens with zero attached hydrogens (tertiary/aromatic N) is 2. The van der Waals surface area contributed by atoms with Gasteiger partial charge < -0.3 is 0 Å². The lowest BCUT2D eigenvalue weighted by atomic mass is 10.0. The Morgan fingerprint density at radius 3 is 2.47 bits per heavy atom. The Hall–Kier alpha value is -2.98. The van der Waals surface area contributed by atoms with Gasteiger partial charge in [-0.15, -0.1) is 0 Å².